The Kier molecular flexibility index (Phi) is 8.76. The van der Waals surface area contributed by atoms with Gasteiger partial charge >= 0.3 is 0 Å². The van der Waals surface area contributed by atoms with Crippen molar-refractivity contribution >= 4 is 43.2 Å². The summed E-state index contributed by atoms with van der Waals surface area (Å²) >= 11 is 0. The van der Waals surface area contributed by atoms with E-state index in [1.54, 1.807) is 60.7 Å². The van der Waals surface area contributed by atoms with E-state index in [9.17, 15) is 36.0 Å². The number of Topliss-reactive ketones (excluding diaryl/α,β-unsaturated/α-hetero) is 2. The molecular formula is C38H42N2O8S2. The first-order valence-electron chi connectivity index (χ1n) is 17.4. The van der Waals surface area contributed by atoms with Crippen molar-refractivity contribution in [1.82, 2.24) is 8.61 Å². The second-order valence-electron chi connectivity index (χ2n) is 14.7. The minimum absolute atomic E-state index is 0.0314. The molecule has 2 saturated carbocycles. The quantitative estimate of drug-likeness (QED) is 0.450. The van der Waals surface area contributed by atoms with E-state index in [4.69, 9.17) is 0 Å². The monoisotopic (exact) mass is 718 g/mol. The summed E-state index contributed by atoms with van der Waals surface area (Å²) in [5.41, 5.74) is 0.340. The number of benzene rings is 2. The number of carbonyl (C=O) groups is 4. The van der Waals surface area contributed by atoms with E-state index in [1.807, 2.05) is 13.8 Å². The fourth-order valence-electron chi connectivity index (χ4n) is 9.49. The molecule has 0 radical (unpaired) electrons. The average Bonchev–Trinajstić information content (AvgIpc) is 3.56. The van der Waals surface area contributed by atoms with Gasteiger partial charge in [-0.15, -0.1) is 0 Å². The molecule has 2 heterocycles. The normalized spacial score (nSPS) is 32.5. The summed E-state index contributed by atoms with van der Waals surface area (Å²) in [4.78, 5) is 50.0. The zero-order chi connectivity index (χ0) is 35.6. The van der Waals surface area contributed by atoms with Gasteiger partial charge in [0.1, 0.15) is 0 Å². The standard InChI is InChI=1S/2C19H21NO4S/c2*1-13-5-7-16(8-6-13)25(23,24)20-12-18(22)19-10-9-15(21)11-14(19)3-2-4-17(19)20/h2*5-10,14,17H,2-4,11-12H2,1H3/t2*14-,17+,19-/m00/s1. The number of nitrogens with zero attached hydrogens (tertiary/aromatic N) is 2. The molecule has 6 aliphatic rings. The Morgan fingerprint density at radius 3 is 1.28 bits per heavy atom. The zero-order valence-corrected chi connectivity index (χ0v) is 29.9. The summed E-state index contributed by atoms with van der Waals surface area (Å²) in [6.45, 7) is 3.60. The molecular weight excluding hydrogens is 677 g/mol. The Labute approximate surface area is 293 Å². The maximum atomic E-state index is 13.2. The molecule has 4 aliphatic carbocycles. The lowest BCUT2D eigenvalue weighted by molar-refractivity contribution is -0.130. The number of allylic oxidation sites excluding steroid dienone is 2. The third-order valence-electron chi connectivity index (χ3n) is 12.0. The molecule has 0 unspecified atom stereocenters. The van der Waals surface area contributed by atoms with Crippen LogP contribution in [-0.4, -0.2) is 73.8 Å². The van der Waals surface area contributed by atoms with Crippen LogP contribution in [0.5, 0.6) is 0 Å². The molecule has 0 aromatic heterocycles. The molecule has 2 spiro atoms. The van der Waals surface area contributed by atoms with E-state index in [0.717, 1.165) is 36.8 Å². The molecule has 0 N–H and O–H groups in total. The van der Waals surface area contributed by atoms with Gasteiger partial charge in [0.15, 0.2) is 23.1 Å². The first-order chi connectivity index (χ1) is 23.7. The smallest absolute Gasteiger partial charge is 0.243 e. The lowest BCUT2D eigenvalue weighted by atomic mass is 9.59. The van der Waals surface area contributed by atoms with E-state index >= 15 is 0 Å². The third kappa shape index (κ3) is 5.41. The molecule has 4 fully saturated rings. The van der Waals surface area contributed by atoms with E-state index < -0.39 is 30.9 Å². The highest BCUT2D eigenvalue weighted by molar-refractivity contribution is 7.89. The van der Waals surface area contributed by atoms with Crippen molar-refractivity contribution in [1.29, 1.82) is 0 Å². The fraction of sp³-hybridized carbons (Fsp3) is 0.474. The van der Waals surface area contributed by atoms with Crippen LogP contribution >= 0.6 is 0 Å². The SMILES string of the molecule is Cc1ccc(S(=O)(=O)N2CC(=O)[C@@]34C=CC(=O)C[C@@H]3CCC[C@@H]24)cc1.Cc1ccc(S(=O)(=O)N2CC(=O)[C@@]34C=CC(=O)C[C@@H]3CCC[C@@H]24)cc1. The fourth-order valence-corrected chi connectivity index (χ4v) is 12.8. The van der Waals surface area contributed by atoms with Crippen LogP contribution in [0.2, 0.25) is 0 Å². The van der Waals surface area contributed by atoms with Crippen molar-refractivity contribution in [2.75, 3.05) is 13.1 Å². The topological polar surface area (TPSA) is 143 Å². The molecule has 50 heavy (non-hydrogen) atoms. The molecule has 0 amide bonds. The molecule has 2 aliphatic heterocycles. The summed E-state index contributed by atoms with van der Waals surface area (Å²) in [5, 5.41) is 0. The Bertz CT molecular complexity index is 1890. The predicted molar refractivity (Wildman–Crippen MR) is 185 cm³/mol. The lowest BCUT2D eigenvalue weighted by Crippen LogP contribution is -2.51. The van der Waals surface area contributed by atoms with Crippen LogP contribution in [0.25, 0.3) is 0 Å². The number of hydrogen-bond acceptors (Lipinski definition) is 8. The van der Waals surface area contributed by atoms with Crippen molar-refractivity contribution in [3.05, 3.63) is 84.0 Å². The minimum atomic E-state index is -3.73. The van der Waals surface area contributed by atoms with Crippen LogP contribution in [0.15, 0.2) is 82.6 Å². The number of sulfonamides is 2. The van der Waals surface area contributed by atoms with Gasteiger partial charge in [0, 0.05) is 24.9 Å². The Balaban J connectivity index is 0.000000157. The largest absolute Gasteiger partial charge is 0.297 e. The zero-order valence-electron chi connectivity index (χ0n) is 28.3. The lowest BCUT2D eigenvalue weighted by Gasteiger charge is -2.45. The first kappa shape index (κ1) is 34.9. The van der Waals surface area contributed by atoms with Crippen LogP contribution in [0, 0.1) is 36.5 Å². The molecule has 10 nitrogen and oxygen atoms in total. The second kappa shape index (κ2) is 12.6. The Morgan fingerprint density at radius 2 is 0.920 bits per heavy atom. The average molecular weight is 719 g/mol. The van der Waals surface area contributed by atoms with E-state index in [1.165, 1.54) is 20.8 Å². The van der Waals surface area contributed by atoms with Crippen LogP contribution in [-0.2, 0) is 39.2 Å². The number of rotatable bonds is 4. The molecule has 2 aromatic carbocycles. The maximum absolute atomic E-state index is 13.2. The molecule has 8 rings (SSSR count). The highest BCUT2D eigenvalue weighted by Crippen LogP contribution is 2.55. The van der Waals surface area contributed by atoms with Crippen molar-refractivity contribution < 1.29 is 36.0 Å². The van der Waals surface area contributed by atoms with Gasteiger partial charge in [0.2, 0.25) is 20.0 Å². The van der Waals surface area contributed by atoms with Crippen molar-refractivity contribution in [2.24, 2.45) is 22.7 Å². The first-order valence-corrected chi connectivity index (χ1v) is 20.3. The van der Waals surface area contributed by atoms with E-state index in [0.29, 0.717) is 25.7 Å². The van der Waals surface area contributed by atoms with Gasteiger partial charge in [-0.25, -0.2) is 16.8 Å². The summed E-state index contributed by atoms with van der Waals surface area (Å²) in [6, 6.07) is 12.7. The second-order valence-corrected chi connectivity index (χ2v) is 18.5. The van der Waals surface area contributed by atoms with Crippen LogP contribution in [0.3, 0.4) is 0 Å². The number of hydrogen-bond donors (Lipinski definition) is 0. The van der Waals surface area contributed by atoms with Gasteiger partial charge in [0.05, 0.1) is 33.7 Å². The molecule has 264 valence electrons. The van der Waals surface area contributed by atoms with Gasteiger partial charge in [-0.1, -0.05) is 60.4 Å². The highest BCUT2D eigenvalue weighted by atomic mass is 32.2. The summed E-state index contributed by atoms with van der Waals surface area (Å²) < 4.78 is 55.4. The maximum Gasteiger partial charge on any atom is 0.243 e. The van der Waals surface area contributed by atoms with E-state index in [2.05, 4.69) is 0 Å². The predicted octanol–water partition coefficient (Wildman–Crippen LogP) is 4.51. The number of ketones is 4. The van der Waals surface area contributed by atoms with E-state index in [-0.39, 0.29) is 69.9 Å². The van der Waals surface area contributed by atoms with Crippen molar-refractivity contribution in [2.45, 2.75) is 87.1 Å². The van der Waals surface area contributed by atoms with Gasteiger partial charge in [-0.2, -0.15) is 8.61 Å². The number of aryl methyl sites for hydroxylation is 2. The van der Waals surface area contributed by atoms with Gasteiger partial charge < -0.3 is 0 Å². The van der Waals surface area contributed by atoms with Gasteiger partial charge in [-0.3, -0.25) is 19.2 Å². The minimum Gasteiger partial charge on any atom is -0.297 e. The summed E-state index contributed by atoms with van der Waals surface area (Å²) in [7, 11) is -7.47. The molecule has 2 saturated heterocycles. The van der Waals surface area contributed by atoms with Gasteiger partial charge in [-0.05, 0) is 87.8 Å². The Hall–Kier alpha value is -3.58. The molecule has 0 bridgehead atoms. The van der Waals surface area contributed by atoms with Crippen molar-refractivity contribution in [3.63, 3.8) is 0 Å². The third-order valence-corrected chi connectivity index (χ3v) is 15.8. The highest BCUT2D eigenvalue weighted by Gasteiger charge is 2.63. The van der Waals surface area contributed by atoms with Crippen molar-refractivity contribution in [3.8, 4) is 0 Å². The number of carbonyl (C=O) groups excluding carboxylic acids is 4. The molecule has 2 aromatic rings. The summed E-state index contributed by atoms with van der Waals surface area (Å²) in [6.07, 6.45) is 11.7. The van der Waals surface area contributed by atoms with Crippen LogP contribution in [0.1, 0.15) is 62.5 Å². The Morgan fingerprint density at radius 1 is 0.560 bits per heavy atom. The van der Waals surface area contributed by atoms with Crippen LogP contribution in [0.4, 0.5) is 0 Å². The molecule has 12 heteroatoms. The van der Waals surface area contributed by atoms with Gasteiger partial charge in [0.25, 0.3) is 0 Å². The van der Waals surface area contributed by atoms with Crippen LogP contribution < -0.4 is 0 Å². The molecule has 6 atom stereocenters. The summed E-state index contributed by atoms with van der Waals surface area (Å²) in [5.74, 6) is -0.222.